The molecular weight excluding hydrogens is 214 g/mol. The second-order valence-electron chi connectivity index (χ2n) is 4.14. The van der Waals surface area contributed by atoms with E-state index < -0.39 is 0 Å². The summed E-state index contributed by atoms with van der Waals surface area (Å²) in [5, 5.41) is 3.29. The summed E-state index contributed by atoms with van der Waals surface area (Å²) in [5.41, 5.74) is 2.51. The van der Waals surface area contributed by atoms with Gasteiger partial charge in [-0.15, -0.1) is 0 Å². The van der Waals surface area contributed by atoms with Crippen LogP contribution in [0.3, 0.4) is 0 Å². The average Bonchev–Trinajstić information content (AvgIpc) is 2.33. The van der Waals surface area contributed by atoms with Crippen LogP contribution in [0.2, 0.25) is 0 Å². The third kappa shape index (κ3) is 5.20. The molecule has 3 nitrogen and oxygen atoms in total. The van der Waals surface area contributed by atoms with Crippen molar-refractivity contribution in [1.82, 2.24) is 5.32 Å². The number of benzene rings is 1. The molecule has 1 rings (SSSR count). The lowest BCUT2D eigenvalue weighted by atomic mass is 10.1. The van der Waals surface area contributed by atoms with Gasteiger partial charge in [-0.1, -0.05) is 12.1 Å². The maximum Gasteiger partial charge on any atom is 0.122 e. The molecule has 0 spiro atoms. The highest BCUT2D eigenvalue weighted by Crippen LogP contribution is 2.20. The van der Waals surface area contributed by atoms with Crippen molar-refractivity contribution in [3.05, 3.63) is 29.3 Å². The predicted octanol–water partition coefficient (Wildman–Crippen LogP) is 2.31. The Balaban J connectivity index is 2.16. The van der Waals surface area contributed by atoms with Gasteiger partial charge in [0.05, 0.1) is 13.2 Å². The normalized spacial score (nSPS) is 10.5. The number of nitrogens with one attached hydrogen (secondary N) is 1. The van der Waals surface area contributed by atoms with E-state index in [-0.39, 0.29) is 0 Å². The molecule has 0 saturated heterocycles. The number of methoxy groups -OCH3 is 1. The Morgan fingerprint density at radius 1 is 1.12 bits per heavy atom. The molecule has 0 aliphatic heterocycles. The van der Waals surface area contributed by atoms with Gasteiger partial charge in [0.25, 0.3) is 0 Å². The third-order valence-corrected chi connectivity index (χ3v) is 2.79. The first kappa shape index (κ1) is 14.0. The van der Waals surface area contributed by atoms with E-state index in [2.05, 4.69) is 25.2 Å². The van der Waals surface area contributed by atoms with Crippen LogP contribution in [-0.2, 0) is 4.74 Å². The quantitative estimate of drug-likeness (QED) is 0.704. The van der Waals surface area contributed by atoms with Crippen LogP contribution in [0.5, 0.6) is 5.75 Å². The summed E-state index contributed by atoms with van der Waals surface area (Å²) < 4.78 is 10.7. The Morgan fingerprint density at radius 2 is 1.94 bits per heavy atom. The van der Waals surface area contributed by atoms with Crippen molar-refractivity contribution in [2.24, 2.45) is 0 Å². The Labute approximate surface area is 104 Å². The van der Waals surface area contributed by atoms with Gasteiger partial charge in [-0.25, -0.2) is 0 Å². The van der Waals surface area contributed by atoms with Crippen molar-refractivity contribution in [3.8, 4) is 5.75 Å². The molecule has 0 fully saturated rings. The molecule has 0 amide bonds. The van der Waals surface area contributed by atoms with Crippen molar-refractivity contribution in [3.63, 3.8) is 0 Å². The molecule has 0 heterocycles. The molecule has 1 aromatic carbocycles. The second-order valence-corrected chi connectivity index (χ2v) is 4.14. The van der Waals surface area contributed by atoms with Crippen LogP contribution in [-0.4, -0.2) is 33.4 Å². The minimum absolute atomic E-state index is 0.754. The minimum Gasteiger partial charge on any atom is -0.493 e. The van der Waals surface area contributed by atoms with E-state index in [1.165, 1.54) is 11.1 Å². The summed E-state index contributed by atoms with van der Waals surface area (Å²) in [6.45, 7) is 7.59. The van der Waals surface area contributed by atoms with Crippen LogP contribution in [0.15, 0.2) is 18.2 Å². The first-order chi connectivity index (χ1) is 8.25. The molecule has 0 aliphatic carbocycles. The number of hydrogen-bond donors (Lipinski definition) is 1. The zero-order chi connectivity index (χ0) is 12.5. The molecule has 0 bridgehead atoms. The van der Waals surface area contributed by atoms with Gasteiger partial charge in [-0.05, 0) is 44.0 Å². The second kappa shape index (κ2) is 8.09. The lowest BCUT2D eigenvalue weighted by Crippen LogP contribution is -2.21. The standard InChI is InChI=1S/C14H23NO2/c1-12-6-4-7-14(13(12)2)17-10-5-8-15-9-11-16-3/h4,6-7,15H,5,8-11H2,1-3H3. The van der Waals surface area contributed by atoms with Gasteiger partial charge in [-0.2, -0.15) is 0 Å². The highest BCUT2D eigenvalue weighted by Gasteiger charge is 2.00. The van der Waals surface area contributed by atoms with Gasteiger partial charge in [0.1, 0.15) is 5.75 Å². The summed E-state index contributed by atoms with van der Waals surface area (Å²) in [4.78, 5) is 0. The van der Waals surface area contributed by atoms with Crippen LogP contribution in [0.1, 0.15) is 17.5 Å². The zero-order valence-corrected chi connectivity index (χ0v) is 11.1. The molecule has 96 valence electrons. The van der Waals surface area contributed by atoms with Gasteiger partial charge >= 0.3 is 0 Å². The maximum absolute atomic E-state index is 5.75. The van der Waals surface area contributed by atoms with E-state index in [0.717, 1.165) is 38.5 Å². The first-order valence-corrected chi connectivity index (χ1v) is 6.14. The molecule has 17 heavy (non-hydrogen) atoms. The molecule has 0 unspecified atom stereocenters. The van der Waals surface area contributed by atoms with E-state index in [1.54, 1.807) is 7.11 Å². The van der Waals surface area contributed by atoms with Crippen LogP contribution in [0, 0.1) is 13.8 Å². The van der Waals surface area contributed by atoms with Crippen molar-refractivity contribution < 1.29 is 9.47 Å². The van der Waals surface area contributed by atoms with Gasteiger partial charge in [-0.3, -0.25) is 0 Å². The van der Waals surface area contributed by atoms with Crippen LogP contribution >= 0.6 is 0 Å². The summed E-state index contributed by atoms with van der Waals surface area (Å²) in [5.74, 6) is 1.00. The molecule has 0 aromatic heterocycles. The Hall–Kier alpha value is -1.06. The molecule has 3 heteroatoms. The first-order valence-electron chi connectivity index (χ1n) is 6.14. The Bertz CT molecular complexity index is 326. The fraction of sp³-hybridized carbons (Fsp3) is 0.571. The van der Waals surface area contributed by atoms with E-state index in [4.69, 9.17) is 9.47 Å². The monoisotopic (exact) mass is 237 g/mol. The van der Waals surface area contributed by atoms with Gasteiger partial charge in [0.15, 0.2) is 0 Å². The molecule has 0 atom stereocenters. The molecular formula is C14H23NO2. The summed E-state index contributed by atoms with van der Waals surface area (Å²) in [7, 11) is 1.71. The van der Waals surface area contributed by atoms with Crippen molar-refractivity contribution in [2.45, 2.75) is 20.3 Å². The fourth-order valence-electron chi connectivity index (χ4n) is 1.56. The topological polar surface area (TPSA) is 30.5 Å². The summed E-state index contributed by atoms with van der Waals surface area (Å²) in [6.07, 6.45) is 1.01. The predicted molar refractivity (Wildman–Crippen MR) is 70.8 cm³/mol. The number of ether oxygens (including phenoxy) is 2. The number of rotatable bonds is 8. The van der Waals surface area contributed by atoms with Crippen LogP contribution < -0.4 is 10.1 Å². The van der Waals surface area contributed by atoms with E-state index in [9.17, 15) is 0 Å². The van der Waals surface area contributed by atoms with Gasteiger partial charge in [0.2, 0.25) is 0 Å². The van der Waals surface area contributed by atoms with Crippen LogP contribution in [0.4, 0.5) is 0 Å². The Morgan fingerprint density at radius 3 is 2.71 bits per heavy atom. The number of hydrogen-bond acceptors (Lipinski definition) is 3. The smallest absolute Gasteiger partial charge is 0.122 e. The van der Waals surface area contributed by atoms with E-state index in [1.807, 2.05) is 12.1 Å². The highest BCUT2D eigenvalue weighted by molar-refractivity contribution is 5.38. The molecule has 1 N–H and O–H groups in total. The van der Waals surface area contributed by atoms with Crippen molar-refractivity contribution >= 4 is 0 Å². The summed E-state index contributed by atoms with van der Waals surface area (Å²) >= 11 is 0. The molecule has 0 saturated carbocycles. The van der Waals surface area contributed by atoms with Gasteiger partial charge in [0, 0.05) is 13.7 Å². The zero-order valence-electron chi connectivity index (χ0n) is 11.1. The summed E-state index contributed by atoms with van der Waals surface area (Å²) in [6, 6.07) is 6.17. The molecule has 0 aliphatic rings. The SMILES string of the molecule is COCCNCCCOc1cccc(C)c1C. The number of aryl methyl sites for hydroxylation is 1. The molecule has 1 aromatic rings. The highest BCUT2D eigenvalue weighted by atomic mass is 16.5. The van der Waals surface area contributed by atoms with E-state index >= 15 is 0 Å². The third-order valence-electron chi connectivity index (χ3n) is 2.79. The lowest BCUT2D eigenvalue weighted by molar-refractivity contribution is 0.198. The van der Waals surface area contributed by atoms with E-state index in [0.29, 0.717) is 0 Å². The largest absolute Gasteiger partial charge is 0.493 e. The fourth-order valence-corrected chi connectivity index (χ4v) is 1.56. The average molecular weight is 237 g/mol. The molecule has 0 radical (unpaired) electrons. The van der Waals surface area contributed by atoms with Crippen LogP contribution in [0.25, 0.3) is 0 Å². The minimum atomic E-state index is 0.754. The van der Waals surface area contributed by atoms with Gasteiger partial charge < -0.3 is 14.8 Å². The lowest BCUT2D eigenvalue weighted by Gasteiger charge is -2.11. The van der Waals surface area contributed by atoms with Crippen molar-refractivity contribution in [1.29, 1.82) is 0 Å². The van der Waals surface area contributed by atoms with Crippen molar-refractivity contribution in [2.75, 3.05) is 33.4 Å². The maximum atomic E-state index is 5.75. The Kier molecular flexibility index (Phi) is 6.67.